The van der Waals surface area contributed by atoms with E-state index in [1.807, 2.05) is 38.9 Å². The predicted molar refractivity (Wildman–Crippen MR) is 105 cm³/mol. The normalized spacial score (nSPS) is 24.0. The Morgan fingerprint density at radius 1 is 1.36 bits per heavy atom. The molecule has 0 aromatic carbocycles. The van der Waals surface area contributed by atoms with E-state index in [-0.39, 0.29) is 49.1 Å². The van der Waals surface area contributed by atoms with E-state index in [9.17, 15) is 5.26 Å². The van der Waals surface area contributed by atoms with Crippen LogP contribution < -0.4 is 5.32 Å². The molecule has 0 aromatic rings. The molecule has 1 aliphatic heterocycles. The van der Waals surface area contributed by atoms with Gasteiger partial charge in [-0.1, -0.05) is 26.7 Å². The Labute approximate surface area is 173 Å². The topological polar surface area (TPSA) is 52.9 Å². The van der Waals surface area contributed by atoms with Crippen LogP contribution in [0.5, 0.6) is 0 Å². The Kier molecular flexibility index (Phi) is 12.7. The second kappa shape index (κ2) is 11.9. The zero-order valence-corrected chi connectivity index (χ0v) is 19.8. The van der Waals surface area contributed by atoms with Crippen molar-refractivity contribution in [2.45, 2.75) is 51.8 Å². The van der Waals surface area contributed by atoms with Crippen molar-refractivity contribution in [3.63, 3.8) is 0 Å². The summed E-state index contributed by atoms with van der Waals surface area (Å²) in [6.07, 6.45) is 9.91. The molecule has 3 nitrogen and oxygen atoms in total. The van der Waals surface area contributed by atoms with Crippen molar-refractivity contribution in [1.82, 2.24) is 5.32 Å². The molecule has 0 spiro atoms. The molecular weight excluding hydrogens is 500 g/mol. The first-order chi connectivity index (χ1) is 11.1. The van der Waals surface area contributed by atoms with Gasteiger partial charge in [-0.2, -0.15) is 29.5 Å². The van der Waals surface area contributed by atoms with Gasteiger partial charge < -0.3 is 10.1 Å². The number of hydrogen-bond donors (Lipinski definition) is 2. The zero-order valence-electron chi connectivity index (χ0n) is 16.0. The van der Waals surface area contributed by atoms with Crippen LogP contribution in [0.3, 0.4) is 0 Å². The average Bonchev–Trinajstić information content (AvgIpc) is 2.85. The third-order valence-electron chi connectivity index (χ3n) is 3.80. The van der Waals surface area contributed by atoms with Crippen LogP contribution in [0.2, 0.25) is 0 Å². The van der Waals surface area contributed by atoms with Gasteiger partial charge in [0.15, 0.2) is 0 Å². The van der Waals surface area contributed by atoms with Crippen LogP contribution in [-0.4, -0.2) is 24.1 Å². The summed E-state index contributed by atoms with van der Waals surface area (Å²) in [4.78, 5) is 8.00. The summed E-state index contributed by atoms with van der Waals surface area (Å²) in [6.45, 7) is 17.4. The molecule has 1 rings (SSSR count). The Morgan fingerprint density at radius 2 is 1.92 bits per heavy atom. The molecule has 0 aromatic heterocycles. The molecule has 0 bridgehead atoms. The fourth-order valence-electron chi connectivity index (χ4n) is 2.84. The molecule has 1 heterocycles. The SMILES string of the molecule is C=C/C(=C\[C-]=CC(C)(C)S)C1CNC(CC(C)(C)C)C1C#N.C=O.[W]. The van der Waals surface area contributed by atoms with Gasteiger partial charge in [-0.05, 0) is 32.2 Å². The van der Waals surface area contributed by atoms with Crippen LogP contribution in [0, 0.1) is 34.7 Å². The van der Waals surface area contributed by atoms with Crippen molar-refractivity contribution in [3.05, 3.63) is 36.5 Å². The van der Waals surface area contributed by atoms with E-state index < -0.39 is 0 Å². The van der Waals surface area contributed by atoms with E-state index in [0.29, 0.717) is 0 Å². The number of allylic oxidation sites excluding steroid dienone is 3. The fraction of sp³-hybridized carbons (Fsp3) is 0.600. The quantitative estimate of drug-likeness (QED) is 0.319. The molecule has 1 fully saturated rings. The molecule has 3 atom stereocenters. The molecule has 5 heteroatoms. The molecule has 1 aliphatic rings. The van der Waals surface area contributed by atoms with Gasteiger partial charge in [0.05, 0.1) is 12.0 Å². The number of nitrogens with one attached hydrogen (secondary N) is 1. The first kappa shape index (κ1) is 26.6. The Bertz CT molecular complexity index is 509. The number of carbonyl (C=O) groups excluding carboxylic acids is 1. The van der Waals surface area contributed by atoms with Gasteiger partial charge in [-0.3, -0.25) is 6.08 Å². The van der Waals surface area contributed by atoms with Gasteiger partial charge in [0.1, 0.15) is 6.79 Å². The summed E-state index contributed by atoms with van der Waals surface area (Å²) in [7, 11) is 0. The third-order valence-corrected chi connectivity index (χ3v) is 3.93. The number of hydrogen-bond acceptors (Lipinski definition) is 4. The van der Waals surface area contributed by atoms with E-state index in [0.717, 1.165) is 18.5 Å². The van der Waals surface area contributed by atoms with Gasteiger partial charge in [-0.25, -0.2) is 6.08 Å². The second-order valence-corrected chi connectivity index (χ2v) is 9.01. The third kappa shape index (κ3) is 10.2. The summed E-state index contributed by atoms with van der Waals surface area (Å²) in [6, 6.07) is 2.74. The second-order valence-electron chi connectivity index (χ2n) is 7.85. The minimum atomic E-state index is -0.194. The van der Waals surface area contributed by atoms with Crippen LogP contribution in [0.15, 0.2) is 30.4 Å². The molecule has 25 heavy (non-hydrogen) atoms. The van der Waals surface area contributed by atoms with Gasteiger partial charge in [0.25, 0.3) is 0 Å². The van der Waals surface area contributed by atoms with Crippen LogP contribution in [0.25, 0.3) is 0 Å². The van der Waals surface area contributed by atoms with E-state index in [1.54, 1.807) is 0 Å². The molecule has 0 aliphatic carbocycles. The molecule has 0 radical (unpaired) electrons. The molecule has 0 saturated carbocycles. The van der Waals surface area contributed by atoms with Gasteiger partial charge in [0.2, 0.25) is 0 Å². The monoisotopic (exact) mass is 531 g/mol. The van der Waals surface area contributed by atoms with E-state index in [4.69, 9.17) is 4.79 Å². The number of carbonyl (C=O) groups is 1. The molecular formula is C20H31N2OSW-. The molecule has 3 unspecified atom stereocenters. The van der Waals surface area contributed by atoms with E-state index in [1.165, 1.54) is 0 Å². The maximum Gasteiger partial charge on any atom is 0.106 e. The van der Waals surface area contributed by atoms with Gasteiger partial charge in [0, 0.05) is 31.9 Å². The fourth-order valence-corrected chi connectivity index (χ4v) is 2.91. The Hall–Kier alpha value is -0.622. The standard InChI is InChI=1S/C19H29N2S.CH2O.W/c1-7-14(9-8-10-19(5,6)22)16-13-21-17(15(16)12-20)11-18(2,3)4;1-2;/h7,9-10,15-17,21-22H,1,11,13H2,2-6H3;1H2;/q-1;;/b14-9+;;. The van der Waals surface area contributed by atoms with Crippen LogP contribution in [0.1, 0.15) is 41.0 Å². The molecule has 1 N–H and O–H groups in total. The molecule has 0 amide bonds. The number of nitriles is 1. The summed E-state index contributed by atoms with van der Waals surface area (Å²) >= 11 is 4.46. The summed E-state index contributed by atoms with van der Waals surface area (Å²) in [5.74, 6) is 0.160. The minimum Gasteiger partial charge on any atom is -0.314 e. The number of rotatable bonds is 5. The Balaban J connectivity index is 0. The number of thiol groups is 1. The van der Waals surface area contributed by atoms with Crippen molar-refractivity contribution in [2.75, 3.05) is 6.54 Å². The van der Waals surface area contributed by atoms with Crippen molar-refractivity contribution in [1.29, 1.82) is 5.26 Å². The smallest absolute Gasteiger partial charge is 0.106 e. The largest absolute Gasteiger partial charge is 0.314 e. The van der Waals surface area contributed by atoms with E-state index in [2.05, 4.69) is 57.4 Å². The van der Waals surface area contributed by atoms with Crippen LogP contribution >= 0.6 is 12.6 Å². The number of nitrogens with zero attached hydrogens (tertiary/aromatic N) is 1. The van der Waals surface area contributed by atoms with Crippen LogP contribution in [0.4, 0.5) is 0 Å². The minimum absolute atomic E-state index is 0. The van der Waals surface area contributed by atoms with Crippen molar-refractivity contribution >= 4 is 19.4 Å². The Morgan fingerprint density at radius 3 is 2.32 bits per heavy atom. The first-order valence-electron chi connectivity index (χ1n) is 8.14. The van der Waals surface area contributed by atoms with Crippen molar-refractivity contribution in [2.24, 2.45) is 17.3 Å². The maximum absolute atomic E-state index is 9.61. The summed E-state index contributed by atoms with van der Waals surface area (Å²) in [5, 5.41) is 13.1. The molecule has 140 valence electrons. The zero-order chi connectivity index (χ0) is 19.0. The first-order valence-corrected chi connectivity index (χ1v) is 8.59. The molecule has 1 saturated heterocycles. The maximum atomic E-state index is 9.61. The summed E-state index contributed by atoms with van der Waals surface area (Å²) < 4.78 is -0.194. The predicted octanol–water partition coefficient (Wildman–Crippen LogP) is 4.14. The van der Waals surface area contributed by atoms with Crippen molar-refractivity contribution < 1.29 is 25.9 Å². The van der Waals surface area contributed by atoms with Crippen molar-refractivity contribution in [3.8, 4) is 6.07 Å². The van der Waals surface area contributed by atoms with Gasteiger partial charge in [-0.15, -0.1) is 12.7 Å². The van der Waals surface area contributed by atoms with Gasteiger partial charge >= 0.3 is 0 Å². The van der Waals surface area contributed by atoms with Crippen LogP contribution in [-0.2, 0) is 25.9 Å². The van der Waals surface area contributed by atoms with E-state index >= 15 is 0 Å². The summed E-state index contributed by atoms with van der Waals surface area (Å²) in [5.41, 5.74) is 1.28. The average molecular weight is 531 g/mol.